The summed E-state index contributed by atoms with van der Waals surface area (Å²) in [6.45, 7) is 2.61. The minimum Gasteiger partial charge on any atom is -0.507 e. The molecule has 0 spiro atoms. The molecule has 0 aliphatic rings. The molecule has 1 aromatic carbocycles. The molecule has 0 fully saturated rings. The number of hydrogen-bond acceptors (Lipinski definition) is 4. The van der Waals surface area contributed by atoms with Gasteiger partial charge in [0, 0.05) is 17.8 Å². The van der Waals surface area contributed by atoms with Crippen molar-refractivity contribution in [2.75, 3.05) is 13.2 Å². The van der Waals surface area contributed by atoms with Gasteiger partial charge in [0.2, 0.25) is 0 Å². The fraction of sp³-hybridized carbons (Fsp3) is 0.704. The van der Waals surface area contributed by atoms with Crippen LogP contribution in [0.5, 0.6) is 11.5 Å². The van der Waals surface area contributed by atoms with E-state index in [1.807, 2.05) is 0 Å². The van der Waals surface area contributed by atoms with Crippen LogP contribution in [0.1, 0.15) is 115 Å². The molecule has 182 valence electrons. The quantitative estimate of drug-likeness (QED) is 0.151. The van der Waals surface area contributed by atoms with E-state index in [1.165, 1.54) is 103 Å². The van der Waals surface area contributed by atoms with E-state index in [2.05, 4.69) is 11.9 Å². The summed E-state index contributed by atoms with van der Waals surface area (Å²) in [5.74, 6) is -0.332. The number of phenols is 1. The highest BCUT2D eigenvalue weighted by Gasteiger charge is 2.02. The molecular formula is C27H45NO4. The third kappa shape index (κ3) is 15.7. The Balaban J connectivity index is 1.92. The molecular weight excluding hydrogens is 402 g/mol. The lowest BCUT2D eigenvalue weighted by atomic mass is 10.0. The second-order valence-corrected chi connectivity index (χ2v) is 8.74. The fourth-order valence-corrected chi connectivity index (χ4v) is 3.78. The molecule has 0 unspecified atom stereocenters. The average Bonchev–Trinajstić information content (AvgIpc) is 2.77. The maximum absolute atomic E-state index is 10.5. The molecule has 0 amide bonds. The Bertz CT molecular complexity index is 630. The molecule has 0 heterocycles. The Labute approximate surface area is 195 Å². The summed E-state index contributed by atoms with van der Waals surface area (Å²) in [6.07, 6.45) is 22.9. The summed E-state index contributed by atoms with van der Waals surface area (Å²) in [4.78, 5) is 14.2. The van der Waals surface area contributed by atoms with Gasteiger partial charge in [-0.15, -0.1) is 0 Å². The first kappa shape index (κ1) is 28.0. The monoisotopic (exact) mass is 447 g/mol. The third-order valence-corrected chi connectivity index (χ3v) is 5.73. The summed E-state index contributed by atoms with van der Waals surface area (Å²) in [5.41, 5.74) is 0.487. The smallest absolute Gasteiger partial charge is 0.325 e. The van der Waals surface area contributed by atoms with Crippen LogP contribution in [0.4, 0.5) is 0 Å². The first-order valence-corrected chi connectivity index (χ1v) is 12.8. The van der Waals surface area contributed by atoms with Gasteiger partial charge >= 0.3 is 5.97 Å². The second-order valence-electron chi connectivity index (χ2n) is 8.74. The number of hydrogen-bond donors (Lipinski definition) is 2. The molecule has 0 radical (unpaired) electrons. The Morgan fingerprint density at radius 3 is 1.81 bits per heavy atom. The van der Waals surface area contributed by atoms with Gasteiger partial charge in [-0.25, -0.2) is 0 Å². The first-order valence-electron chi connectivity index (χ1n) is 12.8. The first-order chi connectivity index (χ1) is 15.6. The SMILES string of the molecule is CCCCCCCCCCCCCCCCCCOc1ccc(C=NCC(=O)O)c(O)c1. The summed E-state index contributed by atoms with van der Waals surface area (Å²) >= 11 is 0. The number of benzene rings is 1. The van der Waals surface area contributed by atoms with Gasteiger partial charge in [-0.1, -0.05) is 103 Å². The van der Waals surface area contributed by atoms with Crippen molar-refractivity contribution in [2.24, 2.45) is 4.99 Å². The zero-order valence-corrected chi connectivity index (χ0v) is 20.2. The van der Waals surface area contributed by atoms with Crippen LogP contribution >= 0.6 is 0 Å². The number of unbranched alkanes of at least 4 members (excludes halogenated alkanes) is 15. The third-order valence-electron chi connectivity index (χ3n) is 5.73. The Morgan fingerprint density at radius 1 is 0.844 bits per heavy atom. The zero-order chi connectivity index (χ0) is 23.3. The van der Waals surface area contributed by atoms with E-state index >= 15 is 0 Å². The van der Waals surface area contributed by atoms with Crippen molar-refractivity contribution in [1.29, 1.82) is 0 Å². The number of aliphatic imine (C=N–C) groups is 1. The highest BCUT2D eigenvalue weighted by atomic mass is 16.5. The summed E-state index contributed by atoms with van der Waals surface area (Å²) in [7, 11) is 0. The number of aromatic hydroxyl groups is 1. The molecule has 5 nitrogen and oxygen atoms in total. The van der Waals surface area contributed by atoms with E-state index in [0.29, 0.717) is 17.9 Å². The van der Waals surface area contributed by atoms with Gasteiger partial charge in [-0.2, -0.15) is 0 Å². The number of nitrogens with zero attached hydrogens (tertiary/aromatic N) is 1. The van der Waals surface area contributed by atoms with Crippen molar-refractivity contribution in [1.82, 2.24) is 0 Å². The molecule has 1 rings (SSSR count). The minimum atomic E-state index is -1.00. The maximum atomic E-state index is 10.5. The highest BCUT2D eigenvalue weighted by molar-refractivity contribution is 5.85. The molecule has 0 bridgehead atoms. The van der Waals surface area contributed by atoms with E-state index in [-0.39, 0.29) is 12.3 Å². The van der Waals surface area contributed by atoms with Gasteiger partial charge in [0.05, 0.1) is 6.61 Å². The van der Waals surface area contributed by atoms with Crippen LogP contribution in [0.15, 0.2) is 23.2 Å². The van der Waals surface area contributed by atoms with Crippen molar-refractivity contribution in [3.63, 3.8) is 0 Å². The number of carboxylic acids is 1. The molecule has 0 aliphatic heterocycles. The van der Waals surface area contributed by atoms with Crippen molar-refractivity contribution in [3.05, 3.63) is 23.8 Å². The number of phenolic OH excluding ortho intramolecular Hbond substituents is 1. The number of carbonyl (C=O) groups is 1. The molecule has 1 aromatic rings. The predicted molar refractivity (Wildman–Crippen MR) is 133 cm³/mol. The Morgan fingerprint density at radius 2 is 1.34 bits per heavy atom. The summed E-state index contributed by atoms with van der Waals surface area (Å²) in [5, 5.41) is 18.6. The summed E-state index contributed by atoms with van der Waals surface area (Å²) in [6, 6.07) is 5.01. The minimum absolute atomic E-state index is 0.0450. The van der Waals surface area contributed by atoms with Crippen LogP contribution in [-0.4, -0.2) is 35.5 Å². The van der Waals surface area contributed by atoms with Crippen molar-refractivity contribution in [2.45, 2.75) is 110 Å². The molecule has 5 heteroatoms. The fourth-order valence-electron chi connectivity index (χ4n) is 3.78. The Hall–Kier alpha value is -2.04. The van der Waals surface area contributed by atoms with E-state index in [9.17, 15) is 9.90 Å². The molecule has 32 heavy (non-hydrogen) atoms. The molecule has 0 saturated heterocycles. The van der Waals surface area contributed by atoms with Crippen LogP contribution < -0.4 is 4.74 Å². The van der Waals surface area contributed by atoms with Gasteiger partial charge in [0.15, 0.2) is 0 Å². The predicted octanol–water partition coefficient (Wildman–Crippen LogP) is 7.54. The normalized spacial score (nSPS) is 11.3. The number of ether oxygens (including phenoxy) is 1. The standard InChI is InChI=1S/C27H45NO4/c1-2-3-4-5-6-7-8-9-10-11-12-13-14-15-16-17-20-32-25-19-18-24(26(29)21-25)22-28-23-27(30)31/h18-19,21-22,29H,2-17,20,23H2,1H3,(H,30,31). The van der Waals surface area contributed by atoms with Crippen LogP contribution in [0, 0.1) is 0 Å². The van der Waals surface area contributed by atoms with E-state index in [1.54, 1.807) is 18.2 Å². The number of aliphatic carboxylic acids is 1. The highest BCUT2D eigenvalue weighted by Crippen LogP contribution is 2.22. The van der Waals surface area contributed by atoms with Crippen molar-refractivity contribution >= 4 is 12.2 Å². The Kier molecular flexibility index (Phi) is 17.2. The van der Waals surface area contributed by atoms with Gasteiger partial charge in [-0.3, -0.25) is 9.79 Å². The van der Waals surface area contributed by atoms with E-state index < -0.39 is 5.97 Å². The van der Waals surface area contributed by atoms with Gasteiger partial charge in [0.1, 0.15) is 18.0 Å². The van der Waals surface area contributed by atoms with E-state index in [0.717, 1.165) is 6.42 Å². The summed E-state index contributed by atoms with van der Waals surface area (Å²) < 4.78 is 5.71. The molecule has 0 aliphatic carbocycles. The van der Waals surface area contributed by atoms with Crippen LogP contribution in [0.25, 0.3) is 0 Å². The topological polar surface area (TPSA) is 79.1 Å². The van der Waals surface area contributed by atoms with Gasteiger partial charge in [-0.05, 0) is 18.6 Å². The van der Waals surface area contributed by atoms with E-state index in [4.69, 9.17) is 9.84 Å². The molecule has 0 saturated carbocycles. The van der Waals surface area contributed by atoms with Gasteiger partial charge < -0.3 is 14.9 Å². The lowest BCUT2D eigenvalue weighted by Crippen LogP contribution is -2.00. The number of rotatable bonds is 21. The molecule has 2 N–H and O–H groups in total. The zero-order valence-electron chi connectivity index (χ0n) is 20.2. The maximum Gasteiger partial charge on any atom is 0.325 e. The van der Waals surface area contributed by atoms with Crippen molar-refractivity contribution < 1.29 is 19.7 Å². The van der Waals surface area contributed by atoms with Crippen LogP contribution in [0.3, 0.4) is 0 Å². The lowest BCUT2D eigenvalue weighted by molar-refractivity contribution is -0.135. The van der Waals surface area contributed by atoms with Gasteiger partial charge in [0.25, 0.3) is 0 Å². The number of carboxylic acid groups (broad SMARTS) is 1. The lowest BCUT2D eigenvalue weighted by Gasteiger charge is -2.08. The van der Waals surface area contributed by atoms with Crippen molar-refractivity contribution in [3.8, 4) is 11.5 Å². The second kappa shape index (κ2) is 19.6. The largest absolute Gasteiger partial charge is 0.507 e. The van der Waals surface area contributed by atoms with Crippen LogP contribution in [0.2, 0.25) is 0 Å². The molecule has 0 aromatic heterocycles. The molecule has 0 atom stereocenters. The average molecular weight is 448 g/mol. The van der Waals surface area contributed by atoms with Crippen LogP contribution in [-0.2, 0) is 4.79 Å².